The van der Waals surface area contributed by atoms with Gasteiger partial charge < -0.3 is 0 Å². The van der Waals surface area contributed by atoms with E-state index >= 15 is 0 Å². The molecule has 0 aliphatic heterocycles. The summed E-state index contributed by atoms with van der Waals surface area (Å²) in [5, 5.41) is 18.3. The van der Waals surface area contributed by atoms with Crippen LogP contribution >= 0.6 is 0 Å². The second-order valence-corrected chi connectivity index (χ2v) is 7.53. The summed E-state index contributed by atoms with van der Waals surface area (Å²) < 4.78 is 2.10. The molecular formula is C28H20N4. The molecule has 0 fully saturated rings. The highest BCUT2D eigenvalue weighted by Gasteiger charge is 2.20. The van der Waals surface area contributed by atoms with Crippen LogP contribution < -0.4 is 0 Å². The van der Waals surface area contributed by atoms with Crippen molar-refractivity contribution in [2.24, 2.45) is 0 Å². The van der Waals surface area contributed by atoms with Crippen LogP contribution in [0, 0.1) is 18.3 Å². The Kier molecular flexibility index (Phi) is 5.07. The highest BCUT2D eigenvalue weighted by Crippen LogP contribution is 2.38. The van der Waals surface area contributed by atoms with Gasteiger partial charge in [-0.05, 0) is 30.2 Å². The van der Waals surface area contributed by atoms with Gasteiger partial charge in [-0.2, -0.15) is 5.26 Å². The summed E-state index contributed by atoms with van der Waals surface area (Å²) in [6.07, 6.45) is 0. The number of hydrogen-bond donors (Lipinski definition) is 0. The van der Waals surface area contributed by atoms with E-state index in [0.717, 1.165) is 39.3 Å². The van der Waals surface area contributed by atoms with Crippen LogP contribution in [0.25, 0.3) is 39.3 Å². The predicted octanol–water partition coefficient (Wildman–Crippen LogP) is 6.45. The van der Waals surface area contributed by atoms with E-state index in [2.05, 4.69) is 63.3 Å². The topological polar surface area (TPSA) is 54.5 Å². The first-order valence-corrected chi connectivity index (χ1v) is 10.4. The fraction of sp³-hybridized carbons (Fsp3) is 0.0357. The second kappa shape index (κ2) is 8.33. The van der Waals surface area contributed by atoms with Crippen molar-refractivity contribution in [1.29, 1.82) is 5.26 Å². The number of nitrogens with zero attached hydrogens (tertiary/aromatic N) is 4. The summed E-state index contributed by atoms with van der Waals surface area (Å²) in [6, 6.07) is 36.7. The van der Waals surface area contributed by atoms with Gasteiger partial charge >= 0.3 is 0 Å². The third-order valence-electron chi connectivity index (χ3n) is 5.50. The molecule has 4 aromatic carbocycles. The van der Waals surface area contributed by atoms with Gasteiger partial charge in [-0.1, -0.05) is 91.0 Å². The van der Waals surface area contributed by atoms with Crippen LogP contribution in [0.5, 0.6) is 0 Å². The minimum atomic E-state index is 0.592. The molecule has 152 valence electrons. The third-order valence-corrected chi connectivity index (χ3v) is 5.50. The van der Waals surface area contributed by atoms with Gasteiger partial charge in [0.2, 0.25) is 0 Å². The molecule has 0 radical (unpaired) electrons. The number of aryl methyl sites for hydroxylation is 1. The molecule has 5 rings (SSSR count). The van der Waals surface area contributed by atoms with Crippen molar-refractivity contribution in [3.8, 4) is 45.4 Å². The highest BCUT2D eigenvalue weighted by atomic mass is 15.3. The number of rotatable bonds is 4. The molecule has 0 unspecified atom stereocenters. The van der Waals surface area contributed by atoms with Gasteiger partial charge in [-0.15, -0.1) is 10.2 Å². The Hall–Kier alpha value is -4.49. The summed E-state index contributed by atoms with van der Waals surface area (Å²) in [4.78, 5) is 0. The van der Waals surface area contributed by atoms with Crippen LogP contribution in [0.2, 0.25) is 0 Å². The average Bonchev–Trinajstić information content (AvgIpc) is 3.25. The predicted molar refractivity (Wildman–Crippen MR) is 127 cm³/mol. The first-order valence-electron chi connectivity index (χ1n) is 10.4. The number of para-hydroxylation sites is 1. The van der Waals surface area contributed by atoms with Crippen LogP contribution in [-0.2, 0) is 0 Å². The number of nitriles is 1. The lowest BCUT2D eigenvalue weighted by Crippen LogP contribution is -2.05. The van der Waals surface area contributed by atoms with Gasteiger partial charge in [0.1, 0.15) is 5.82 Å². The minimum Gasteiger partial charge on any atom is -0.278 e. The molecule has 0 atom stereocenters. The van der Waals surface area contributed by atoms with Gasteiger partial charge in [0.05, 0.1) is 17.3 Å². The SMILES string of the molecule is Cc1nnc(-c2cccc(C#N)c2)n1-c1c(-c2ccccc2)cccc1-c1ccccc1. The maximum Gasteiger partial charge on any atom is 0.168 e. The molecule has 0 aliphatic rings. The van der Waals surface area contributed by atoms with Crippen molar-refractivity contribution in [3.05, 3.63) is 115 Å². The molecule has 4 heteroatoms. The third kappa shape index (κ3) is 3.46. The van der Waals surface area contributed by atoms with Gasteiger partial charge in [0.25, 0.3) is 0 Å². The first-order chi connectivity index (χ1) is 15.8. The van der Waals surface area contributed by atoms with E-state index in [4.69, 9.17) is 0 Å². The first kappa shape index (κ1) is 19.5. The van der Waals surface area contributed by atoms with Crippen molar-refractivity contribution in [1.82, 2.24) is 14.8 Å². The van der Waals surface area contributed by atoms with Gasteiger partial charge in [-0.25, -0.2) is 0 Å². The minimum absolute atomic E-state index is 0.592. The Bertz CT molecular complexity index is 1370. The van der Waals surface area contributed by atoms with Gasteiger partial charge in [-0.3, -0.25) is 4.57 Å². The smallest absolute Gasteiger partial charge is 0.168 e. The lowest BCUT2D eigenvalue weighted by atomic mass is 9.95. The van der Waals surface area contributed by atoms with E-state index in [1.54, 1.807) is 6.07 Å². The molecule has 0 amide bonds. The summed E-state index contributed by atoms with van der Waals surface area (Å²) in [5.74, 6) is 1.49. The molecule has 0 saturated carbocycles. The zero-order valence-electron chi connectivity index (χ0n) is 17.6. The second-order valence-electron chi connectivity index (χ2n) is 7.53. The van der Waals surface area contributed by atoms with Crippen LogP contribution in [0.3, 0.4) is 0 Å². The molecule has 4 nitrogen and oxygen atoms in total. The largest absolute Gasteiger partial charge is 0.278 e. The van der Waals surface area contributed by atoms with Gasteiger partial charge in [0, 0.05) is 16.7 Å². The molecule has 0 spiro atoms. The zero-order valence-corrected chi connectivity index (χ0v) is 17.6. The summed E-state index contributed by atoms with van der Waals surface area (Å²) in [5.41, 5.74) is 6.88. The maximum absolute atomic E-state index is 9.39. The van der Waals surface area contributed by atoms with Crippen molar-refractivity contribution in [2.45, 2.75) is 6.92 Å². The van der Waals surface area contributed by atoms with Crippen molar-refractivity contribution >= 4 is 0 Å². The average molecular weight is 412 g/mol. The molecular weight excluding hydrogens is 392 g/mol. The van der Waals surface area contributed by atoms with Crippen LogP contribution in [0.1, 0.15) is 11.4 Å². The van der Waals surface area contributed by atoms with E-state index in [-0.39, 0.29) is 0 Å². The summed E-state index contributed by atoms with van der Waals surface area (Å²) in [7, 11) is 0. The van der Waals surface area contributed by atoms with Crippen molar-refractivity contribution < 1.29 is 0 Å². The van der Waals surface area contributed by atoms with Crippen molar-refractivity contribution in [2.75, 3.05) is 0 Å². The monoisotopic (exact) mass is 412 g/mol. The van der Waals surface area contributed by atoms with E-state index < -0.39 is 0 Å². The van der Waals surface area contributed by atoms with Gasteiger partial charge in [0.15, 0.2) is 5.82 Å². The molecule has 1 aromatic heterocycles. The van der Waals surface area contributed by atoms with E-state index in [1.165, 1.54) is 0 Å². The lowest BCUT2D eigenvalue weighted by molar-refractivity contribution is 0.974. The van der Waals surface area contributed by atoms with E-state index in [9.17, 15) is 5.26 Å². The lowest BCUT2D eigenvalue weighted by Gasteiger charge is -2.19. The fourth-order valence-electron chi connectivity index (χ4n) is 4.03. The zero-order chi connectivity index (χ0) is 21.9. The van der Waals surface area contributed by atoms with E-state index in [0.29, 0.717) is 11.4 Å². The normalized spacial score (nSPS) is 10.6. The Balaban J connectivity index is 1.84. The maximum atomic E-state index is 9.39. The summed E-state index contributed by atoms with van der Waals surface area (Å²) >= 11 is 0. The molecule has 5 aromatic rings. The number of aromatic nitrogens is 3. The quantitative estimate of drug-likeness (QED) is 0.341. The Morgan fingerprint density at radius 1 is 0.656 bits per heavy atom. The summed E-state index contributed by atoms with van der Waals surface area (Å²) in [6.45, 7) is 1.96. The standard InChI is InChI=1S/C28H20N4/c1-20-30-31-28(24-15-8-10-21(18-24)19-29)32(20)27-25(22-11-4-2-5-12-22)16-9-17-26(27)23-13-6-3-7-14-23/h2-18H,1H3. The number of hydrogen-bond acceptors (Lipinski definition) is 3. The van der Waals surface area contributed by atoms with Crippen molar-refractivity contribution in [3.63, 3.8) is 0 Å². The molecule has 0 N–H and O–H groups in total. The van der Waals surface area contributed by atoms with Crippen LogP contribution in [-0.4, -0.2) is 14.8 Å². The molecule has 32 heavy (non-hydrogen) atoms. The van der Waals surface area contributed by atoms with Crippen LogP contribution in [0.15, 0.2) is 103 Å². The molecule has 0 saturated heterocycles. The fourth-order valence-corrected chi connectivity index (χ4v) is 4.03. The van der Waals surface area contributed by atoms with Crippen LogP contribution in [0.4, 0.5) is 0 Å². The molecule has 0 aliphatic carbocycles. The Labute approximate surface area is 187 Å². The highest BCUT2D eigenvalue weighted by molar-refractivity contribution is 5.86. The Morgan fingerprint density at radius 3 is 1.81 bits per heavy atom. The molecule has 0 bridgehead atoms. The van der Waals surface area contributed by atoms with E-state index in [1.807, 2.05) is 61.5 Å². The number of benzene rings is 4. The Morgan fingerprint density at radius 2 is 1.22 bits per heavy atom. The molecule has 1 heterocycles.